The number of hydrogen-bond acceptors (Lipinski definition) is 16. The number of ether oxygens (including phenoxy) is 3. The Morgan fingerprint density at radius 2 is 0.763 bits per heavy atom. The Morgan fingerprint density at radius 1 is 0.443 bits per heavy atom. The fourth-order valence-electron chi connectivity index (χ4n) is 9.63. The molecule has 32 heteroatoms. The number of nitrogens with two attached hydrogens (primary N) is 4. The summed E-state index contributed by atoms with van der Waals surface area (Å²) in [4.78, 5) is 82.5. The van der Waals surface area contributed by atoms with Gasteiger partial charge in [-0.05, 0) is 55.0 Å². The third-order valence-corrected chi connectivity index (χ3v) is 16.1. The van der Waals surface area contributed by atoms with Gasteiger partial charge in [0.2, 0.25) is 5.91 Å². The Bertz CT molecular complexity index is 5200. The van der Waals surface area contributed by atoms with Gasteiger partial charge in [-0.15, -0.1) is 0 Å². The van der Waals surface area contributed by atoms with Crippen LogP contribution in [0, 0.1) is 46.5 Å². The van der Waals surface area contributed by atoms with E-state index in [9.17, 15) is 54.7 Å². The Hall–Kier alpha value is -10.8. The normalized spacial score (nSPS) is 11.0. The molecule has 0 amide bonds. The van der Waals surface area contributed by atoms with Crippen LogP contribution in [0.4, 0.5) is 57.9 Å². The van der Waals surface area contributed by atoms with Crippen molar-refractivity contribution in [3.8, 4) is 45.0 Å². The van der Waals surface area contributed by atoms with Gasteiger partial charge >= 0.3 is 17.9 Å². The second-order valence-corrected chi connectivity index (χ2v) is 22.1. The largest absolute Gasteiger partial charge is 0.464 e. The summed E-state index contributed by atoms with van der Waals surface area (Å²) in [7, 11) is 2.21. The third kappa shape index (κ3) is 13.5. The summed E-state index contributed by atoms with van der Waals surface area (Å²) >= 11 is 23.4. The molecule has 0 bridgehead atoms. The van der Waals surface area contributed by atoms with Crippen LogP contribution in [0.5, 0.6) is 0 Å². The first-order chi connectivity index (χ1) is 46.1. The number of rotatable bonds is 11. The number of aromatic nitrogens is 8. The molecule has 0 atom stereocenters. The van der Waals surface area contributed by atoms with E-state index in [0.29, 0.717) is 28.0 Å². The molecule has 500 valence electrons. The second-order valence-electron chi connectivity index (χ2n) is 20.6. The third-order valence-electron chi connectivity index (χ3n) is 14.6. The standard InChI is InChI=1S/C18H16ClF2N3O2.C17H12ClF2N3O3.C15H10ClF2N3O2.C15H10ClF2N3O/c1-2-3-8-26-18(25)17-11(19)14(22)13(21)16(24-17)10-5-4-9-6-7-23-15(9)12(10)20;1-7(24)23-6-5-8-3-4-9(11(19)16(8)23)14-12(20)13(21)10(18)15(22-14)17(25)26-2;1-23-15(22)14-8(16)11(19)10(18)13(21-14)7-3-2-6-4-5-20-12(6)9(7)17;1-6(22)13-9(16)12(19)11(18)15(21-13)8-3-2-7-4-5-20-14(7)10(8)17/h4-7,23H,2-3,8H2,1H3,(H2,22,24);3-6H,1-2H3,(H2,21,22);2-5,20H,1H3,(H2,19,21);2-5,20H,1H3,(H2,19,21). The number of nitrogens with zero attached hydrogens (tertiary/aromatic N) is 5. The number of methoxy groups -OCH3 is 2. The van der Waals surface area contributed by atoms with Gasteiger partial charge in [-0.2, -0.15) is 0 Å². The zero-order valence-corrected chi connectivity index (χ0v) is 53.7. The number of anilines is 4. The molecule has 97 heavy (non-hydrogen) atoms. The lowest BCUT2D eigenvalue weighted by Crippen LogP contribution is -2.13. The minimum Gasteiger partial charge on any atom is -0.464 e. The Kier molecular flexibility index (Phi) is 21.1. The molecule has 4 aromatic carbocycles. The summed E-state index contributed by atoms with van der Waals surface area (Å²) in [6.07, 6.45) is 7.57. The molecule has 0 spiro atoms. The van der Waals surface area contributed by atoms with E-state index in [-0.39, 0.29) is 88.8 Å². The summed E-state index contributed by atoms with van der Waals surface area (Å²) < 4.78 is 132. The summed E-state index contributed by atoms with van der Waals surface area (Å²) in [5.41, 5.74) is 17.3. The first-order valence-corrected chi connectivity index (χ1v) is 29.6. The number of nitrogen functional groups attached to an aromatic ring is 4. The molecule has 0 radical (unpaired) electrons. The zero-order chi connectivity index (χ0) is 70.8. The summed E-state index contributed by atoms with van der Waals surface area (Å²) in [6, 6.07) is 18.3. The summed E-state index contributed by atoms with van der Waals surface area (Å²) in [6.45, 7) is 4.59. The average molecular weight is 1420 g/mol. The maximum absolute atomic E-state index is 15.1. The quantitative estimate of drug-likeness (QED) is 0.0208. The highest BCUT2D eigenvalue weighted by Crippen LogP contribution is 2.40. The van der Waals surface area contributed by atoms with Crippen molar-refractivity contribution < 1.29 is 73.3 Å². The van der Waals surface area contributed by atoms with Crippen LogP contribution in [0.15, 0.2) is 97.6 Å². The van der Waals surface area contributed by atoms with Crippen molar-refractivity contribution in [2.45, 2.75) is 33.6 Å². The molecule has 0 aliphatic rings. The van der Waals surface area contributed by atoms with E-state index in [0.717, 1.165) is 25.2 Å². The van der Waals surface area contributed by atoms with Crippen molar-refractivity contribution in [2.75, 3.05) is 43.8 Å². The molecule has 0 aliphatic carbocycles. The summed E-state index contributed by atoms with van der Waals surface area (Å²) in [5.74, 6) is -10.6. The summed E-state index contributed by atoms with van der Waals surface area (Å²) in [5, 5.41) is 0.886. The SMILES string of the molecule is CC(=O)c1nc(-c2ccc3cc[nH]c3c2F)c(F)c(N)c1Cl.CCCCOC(=O)c1nc(-c2ccc3cc[nH]c3c2F)c(F)c(N)c1Cl.COC(=O)c1nc(-c2ccc3cc[nH]c3c2F)c(F)c(N)c1Cl.COC(=O)c1nc(-c2ccc3ccn(C(C)=O)c3c2F)c(F)c(N)c1Cl. The molecule has 8 aromatic heterocycles. The number of hydrogen-bond donors (Lipinski definition) is 7. The fraction of sp³-hybridized carbons (Fsp3) is 0.123. The highest BCUT2D eigenvalue weighted by Gasteiger charge is 2.30. The number of benzene rings is 4. The van der Waals surface area contributed by atoms with E-state index in [1.807, 2.05) is 6.92 Å². The number of pyridine rings is 4. The maximum Gasteiger partial charge on any atom is 0.358 e. The van der Waals surface area contributed by atoms with Crippen LogP contribution >= 0.6 is 46.4 Å². The predicted molar refractivity (Wildman–Crippen MR) is 351 cm³/mol. The average Bonchev–Trinajstić information content (AvgIpc) is 1.77. The Balaban J connectivity index is 0.000000152. The van der Waals surface area contributed by atoms with E-state index in [1.165, 1.54) is 50.4 Å². The maximum atomic E-state index is 15.1. The van der Waals surface area contributed by atoms with Crippen LogP contribution < -0.4 is 22.9 Å². The minimum atomic E-state index is -1.08. The zero-order valence-electron chi connectivity index (χ0n) is 50.7. The van der Waals surface area contributed by atoms with Gasteiger partial charge in [0.05, 0.1) is 85.7 Å². The number of nitrogens with one attached hydrogen (secondary N) is 3. The highest BCUT2D eigenvalue weighted by atomic mass is 35.5. The van der Waals surface area contributed by atoms with E-state index in [2.05, 4.69) is 44.4 Å². The van der Waals surface area contributed by atoms with Crippen molar-refractivity contribution in [3.63, 3.8) is 0 Å². The van der Waals surface area contributed by atoms with Gasteiger partial charge in [-0.3, -0.25) is 14.2 Å². The molecule has 0 saturated heterocycles. The number of halogens is 12. The highest BCUT2D eigenvalue weighted by molar-refractivity contribution is 6.37. The van der Waals surface area contributed by atoms with Gasteiger partial charge in [0.1, 0.15) is 28.5 Å². The van der Waals surface area contributed by atoms with Gasteiger partial charge in [-0.25, -0.2) is 69.4 Å². The van der Waals surface area contributed by atoms with Crippen molar-refractivity contribution >= 4 is 142 Å². The van der Waals surface area contributed by atoms with Gasteiger partial charge in [0.25, 0.3) is 0 Å². The monoisotopic (exact) mass is 1420 g/mol. The lowest BCUT2D eigenvalue weighted by molar-refractivity contribution is 0.0491. The second kappa shape index (κ2) is 29.0. The molecular weight excluding hydrogens is 1370 g/mol. The van der Waals surface area contributed by atoms with Gasteiger partial charge in [0.15, 0.2) is 69.4 Å². The van der Waals surface area contributed by atoms with Crippen molar-refractivity contribution in [1.82, 2.24) is 39.5 Å². The topological polar surface area (TPSA) is 321 Å². The van der Waals surface area contributed by atoms with Crippen LogP contribution in [-0.2, 0) is 14.2 Å². The Morgan fingerprint density at radius 3 is 1.09 bits per heavy atom. The van der Waals surface area contributed by atoms with Crippen molar-refractivity contribution in [2.24, 2.45) is 0 Å². The molecule has 0 unspecified atom stereocenters. The van der Waals surface area contributed by atoms with Crippen LogP contribution in [0.2, 0.25) is 20.1 Å². The van der Waals surface area contributed by atoms with E-state index < -0.39 is 127 Å². The number of carbonyl (C=O) groups is 5. The number of carbonyl (C=O) groups excluding carboxylic acids is 5. The predicted octanol–water partition coefficient (Wildman–Crippen LogP) is 15.8. The molecule has 12 aromatic rings. The number of aromatic amines is 3. The lowest BCUT2D eigenvalue weighted by Gasteiger charge is -2.12. The van der Waals surface area contributed by atoms with Gasteiger partial charge in [-0.1, -0.05) is 84.0 Å². The van der Waals surface area contributed by atoms with Crippen molar-refractivity contribution in [1.29, 1.82) is 0 Å². The lowest BCUT2D eigenvalue weighted by atomic mass is 10.1. The molecule has 0 saturated carbocycles. The molecule has 11 N–H and O–H groups in total. The first-order valence-electron chi connectivity index (χ1n) is 28.1. The van der Waals surface area contributed by atoms with Crippen molar-refractivity contribution in [3.05, 3.63) is 187 Å². The fourth-order valence-corrected chi connectivity index (χ4v) is 10.5. The van der Waals surface area contributed by atoms with Crippen LogP contribution in [0.25, 0.3) is 88.6 Å². The van der Waals surface area contributed by atoms with Crippen LogP contribution in [0.3, 0.4) is 0 Å². The molecule has 0 fully saturated rings. The van der Waals surface area contributed by atoms with Gasteiger partial charge < -0.3 is 52.1 Å². The van der Waals surface area contributed by atoms with E-state index in [4.69, 9.17) is 74.1 Å². The molecule has 12 rings (SSSR count). The Labute approximate surface area is 561 Å². The van der Waals surface area contributed by atoms with Crippen LogP contribution in [0.1, 0.15) is 80.4 Å². The van der Waals surface area contributed by atoms with E-state index >= 15 is 4.39 Å². The number of unbranched alkanes of at least 4 members (excludes halogenated alkanes) is 1. The van der Waals surface area contributed by atoms with Crippen LogP contribution in [-0.4, -0.2) is 89.9 Å². The molecule has 8 heterocycles. The van der Waals surface area contributed by atoms with Gasteiger partial charge in [0, 0.05) is 82.4 Å². The number of fused-ring (bicyclic) bond motifs is 4. The number of Topliss-reactive ketones (excluding diaryl/α,β-unsaturated/α-hetero) is 1. The first kappa shape index (κ1) is 70.5. The number of ketones is 1. The van der Waals surface area contributed by atoms with E-state index in [1.54, 1.807) is 61.1 Å². The minimum absolute atomic E-state index is 0.0376. The number of esters is 3. The smallest absolute Gasteiger partial charge is 0.358 e. The number of H-pyrrole nitrogens is 3. The molecule has 0 aliphatic heterocycles. The molecular formula is C65H48Cl4F8N12O8. The molecule has 20 nitrogen and oxygen atoms in total.